The molecule has 0 radical (unpaired) electrons. The summed E-state index contributed by atoms with van der Waals surface area (Å²) in [6, 6.07) is 16.0. The average Bonchev–Trinajstić information content (AvgIpc) is 3.33. The van der Waals surface area contributed by atoms with E-state index in [1.807, 2.05) is 47.0 Å². The van der Waals surface area contributed by atoms with Crippen LogP contribution in [0.3, 0.4) is 0 Å². The highest BCUT2D eigenvalue weighted by molar-refractivity contribution is 7.90. The Morgan fingerprint density at radius 1 is 0.943 bits per heavy atom. The molecule has 0 spiro atoms. The number of hydrogen-bond acceptors (Lipinski definition) is 4. The Morgan fingerprint density at radius 3 is 2.40 bits per heavy atom. The molecule has 0 bridgehead atoms. The number of hydrogen-bond donors (Lipinski definition) is 1. The first-order valence-corrected chi connectivity index (χ1v) is 13.5. The average molecular weight is 492 g/mol. The van der Waals surface area contributed by atoms with Crippen molar-refractivity contribution in [2.24, 2.45) is 4.40 Å². The Bertz CT molecular complexity index is 1360. The van der Waals surface area contributed by atoms with Gasteiger partial charge in [-0.2, -0.15) is 13.5 Å². The molecule has 2 aliphatic rings. The van der Waals surface area contributed by atoms with Crippen molar-refractivity contribution in [3.05, 3.63) is 71.5 Å². The van der Waals surface area contributed by atoms with E-state index in [0.717, 1.165) is 62.0 Å². The number of likely N-dealkylation sites (tertiary alicyclic amines) is 1. The third kappa shape index (κ3) is 4.86. The Hall–Kier alpha value is -3.46. The van der Waals surface area contributed by atoms with Gasteiger partial charge in [-0.1, -0.05) is 24.6 Å². The van der Waals surface area contributed by atoms with Gasteiger partial charge in [-0.15, -0.1) is 4.40 Å². The van der Waals surface area contributed by atoms with Crippen molar-refractivity contribution >= 4 is 27.5 Å². The largest absolute Gasteiger partial charge is 0.362 e. The third-order valence-electron chi connectivity index (χ3n) is 6.62. The summed E-state index contributed by atoms with van der Waals surface area (Å²) in [5, 5.41) is 7.61. The molecule has 0 unspecified atom stereocenters. The highest BCUT2D eigenvalue weighted by Crippen LogP contribution is 2.27. The summed E-state index contributed by atoms with van der Waals surface area (Å²) in [5.74, 6) is 0.290. The molecule has 35 heavy (non-hydrogen) atoms. The molecule has 1 aromatic heterocycles. The van der Waals surface area contributed by atoms with Crippen LogP contribution in [0.1, 0.15) is 53.8 Å². The lowest BCUT2D eigenvalue weighted by Crippen LogP contribution is -2.20. The zero-order valence-corrected chi connectivity index (χ0v) is 20.6. The molecule has 0 atom stereocenters. The van der Waals surface area contributed by atoms with E-state index in [-0.39, 0.29) is 10.8 Å². The Labute approximate surface area is 205 Å². The quantitative estimate of drug-likeness (QED) is 0.540. The summed E-state index contributed by atoms with van der Waals surface area (Å²) in [6.07, 6.45) is 6.48. The topological polar surface area (TPSA) is 96.7 Å². The maximum Gasteiger partial charge on any atom is 0.283 e. The fourth-order valence-electron chi connectivity index (χ4n) is 4.74. The van der Waals surface area contributed by atoms with E-state index in [1.54, 1.807) is 12.1 Å². The van der Waals surface area contributed by atoms with Gasteiger partial charge < -0.3 is 10.2 Å². The summed E-state index contributed by atoms with van der Waals surface area (Å²) in [6.45, 7) is 0.809. The van der Waals surface area contributed by atoms with E-state index in [2.05, 4.69) is 9.71 Å². The van der Waals surface area contributed by atoms with E-state index < -0.39 is 10.0 Å². The van der Waals surface area contributed by atoms with Gasteiger partial charge in [-0.05, 0) is 68.5 Å². The Morgan fingerprint density at radius 2 is 1.69 bits per heavy atom. The number of fused-ring (bicyclic) bond motifs is 1. The molecule has 1 saturated heterocycles. The first kappa shape index (κ1) is 23.3. The fourth-order valence-corrected chi connectivity index (χ4v) is 5.84. The molecule has 5 rings (SSSR count). The second kappa shape index (κ2) is 9.65. The minimum Gasteiger partial charge on any atom is -0.362 e. The highest BCUT2D eigenvalue weighted by atomic mass is 32.2. The van der Waals surface area contributed by atoms with Crippen molar-refractivity contribution in [1.82, 2.24) is 14.7 Å². The number of amidine groups is 1. The molecule has 0 saturated carbocycles. The summed E-state index contributed by atoms with van der Waals surface area (Å²) >= 11 is 0. The van der Waals surface area contributed by atoms with E-state index in [0.29, 0.717) is 23.6 Å². The van der Waals surface area contributed by atoms with Crippen LogP contribution in [0.2, 0.25) is 0 Å². The lowest BCUT2D eigenvalue weighted by atomic mass is 10.1. The van der Waals surface area contributed by atoms with Gasteiger partial charge in [-0.3, -0.25) is 4.79 Å². The maximum atomic E-state index is 13.3. The summed E-state index contributed by atoms with van der Waals surface area (Å²) in [5.41, 5.74) is 3.97. The minimum atomic E-state index is -3.80. The van der Waals surface area contributed by atoms with Crippen molar-refractivity contribution < 1.29 is 13.2 Å². The summed E-state index contributed by atoms with van der Waals surface area (Å²) < 4.78 is 31.3. The zero-order chi connectivity index (χ0) is 24.4. The molecular weight excluding hydrogens is 462 g/mol. The first-order chi connectivity index (χ1) is 16.9. The number of carbonyl (C=O) groups excluding carboxylic acids is 1. The van der Waals surface area contributed by atoms with Gasteiger partial charge in [0.25, 0.3) is 15.9 Å². The summed E-state index contributed by atoms with van der Waals surface area (Å²) in [4.78, 5) is 15.2. The molecule has 2 aromatic carbocycles. The molecular formula is C26H29N5O3S. The van der Waals surface area contributed by atoms with Gasteiger partial charge in [0, 0.05) is 37.0 Å². The molecule has 8 nitrogen and oxygen atoms in total. The van der Waals surface area contributed by atoms with Crippen LogP contribution in [0.25, 0.3) is 5.69 Å². The van der Waals surface area contributed by atoms with Crippen LogP contribution < -0.4 is 5.32 Å². The van der Waals surface area contributed by atoms with Crippen LogP contribution >= 0.6 is 0 Å². The van der Waals surface area contributed by atoms with E-state index in [1.165, 1.54) is 12.1 Å². The van der Waals surface area contributed by atoms with Crippen LogP contribution in [-0.2, 0) is 22.9 Å². The van der Waals surface area contributed by atoms with Gasteiger partial charge in [0.1, 0.15) is 5.84 Å². The fraction of sp³-hybridized carbons (Fsp3) is 0.346. The minimum absolute atomic E-state index is 0.102. The van der Waals surface area contributed by atoms with Crippen LogP contribution in [0.4, 0.5) is 5.69 Å². The number of nitrogens with zero attached hydrogens (tertiary/aromatic N) is 4. The van der Waals surface area contributed by atoms with Crippen molar-refractivity contribution in [3.63, 3.8) is 0 Å². The summed E-state index contributed by atoms with van der Waals surface area (Å²) in [7, 11) is -1.95. The van der Waals surface area contributed by atoms with Gasteiger partial charge in [0.2, 0.25) is 0 Å². The number of sulfonamides is 1. The second-order valence-electron chi connectivity index (χ2n) is 9.07. The van der Waals surface area contributed by atoms with Crippen molar-refractivity contribution in [2.75, 3.05) is 18.9 Å². The Kier molecular flexibility index (Phi) is 6.42. The highest BCUT2D eigenvalue weighted by Gasteiger charge is 2.25. The first-order valence-electron chi connectivity index (χ1n) is 12.0. The lowest BCUT2D eigenvalue weighted by molar-refractivity contribution is 0.102. The molecule has 1 N–H and O–H groups in total. The predicted octanol–water partition coefficient (Wildman–Crippen LogP) is 4.21. The second-order valence-corrected chi connectivity index (χ2v) is 10.7. The van der Waals surface area contributed by atoms with Gasteiger partial charge >= 0.3 is 0 Å². The van der Waals surface area contributed by atoms with Crippen LogP contribution in [0, 0.1) is 0 Å². The van der Waals surface area contributed by atoms with E-state index in [4.69, 9.17) is 5.10 Å². The van der Waals surface area contributed by atoms with E-state index in [9.17, 15) is 13.2 Å². The van der Waals surface area contributed by atoms with Gasteiger partial charge in [0.15, 0.2) is 5.69 Å². The van der Waals surface area contributed by atoms with E-state index >= 15 is 0 Å². The smallest absolute Gasteiger partial charge is 0.283 e. The monoisotopic (exact) mass is 491 g/mol. The normalized spacial score (nSPS) is 17.3. The molecule has 1 amide bonds. The van der Waals surface area contributed by atoms with Crippen LogP contribution in [0.5, 0.6) is 0 Å². The number of amides is 1. The zero-order valence-electron chi connectivity index (χ0n) is 19.8. The molecule has 1 aliphatic heterocycles. The standard InChI is InChI=1S/C26H29N5O3S/c1-30-18-8-13-24(30)29-35(33,34)21-16-14-19(15-17-21)27-26(32)25-22-11-6-3-7-12-23(22)31(28-25)20-9-4-2-5-10-20/h2,4-5,9-10,14-17H,3,6-8,11-13,18H2,1H3,(H,27,32). The number of benzene rings is 2. The van der Waals surface area contributed by atoms with Crippen molar-refractivity contribution in [1.29, 1.82) is 0 Å². The third-order valence-corrected chi connectivity index (χ3v) is 7.94. The van der Waals surface area contributed by atoms with Crippen LogP contribution in [-0.4, -0.2) is 48.4 Å². The lowest BCUT2D eigenvalue weighted by Gasteiger charge is -2.11. The number of nitrogens with one attached hydrogen (secondary N) is 1. The molecule has 9 heteroatoms. The number of rotatable bonds is 5. The van der Waals surface area contributed by atoms with Crippen molar-refractivity contribution in [3.8, 4) is 5.69 Å². The molecule has 1 aliphatic carbocycles. The number of aromatic nitrogens is 2. The predicted molar refractivity (Wildman–Crippen MR) is 136 cm³/mol. The van der Waals surface area contributed by atoms with Gasteiger partial charge in [0.05, 0.1) is 10.6 Å². The molecule has 1 fully saturated rings. The maximum absolute atomic E-state index is 13.3. The molecule has 2 heterocycles. The number of anilines is 1. The number of carbonyl (C=O) groups is 1. The van der Waals surface area contributed by atoms with Crippen molar-refractivity contribution in [2.45, 2.75) is 49.8 Å². The molecule has 182 valence electrons. The SMILES string of the molecule is CN1CCCC1=NS(=O)(=O)c1ccc(NC(=O)c2nn(-c3ccccc3)c3c2CCCCC3)cc1. The van der Waals surface area contributed by atoms with Crippen LogP contribution in [0.15, 0.2) is 63.9 Å². The Balaban J connectivity index is 1.39. The van der Waals surface area contributed by atoms with Gasteiger partial charge in [-0.25, -0.2) is 4.68 Å². The number of para-hydroxylation sites is 1. The molecule has 3 aromatic rings.